The van der Waals surface area contributed by atoms with Crippen LogP contribution in [0.5, 0.6) is 0 Å². The Morgan fingerprint density at radius 1 is 1.20 bits per heavy atom. The van der Waals surface area contributed by atoms with Crippen LogP contribution in [0.25, 0.3) is 5.82 Å². The molecule has 1 aromatic carbocycles. The van der Waals surface area contributed by atoms with E-state index in [1.807, 2.05) is 25.3 Å². The molecule has 11 heteroatoms. The smallest absolute Gasteiger partial charge is 0.325 e. The number of urea groups is 1. The molecule has 0 bridgehead atoms. The number of aromatic nitrogens is 3. The maximum Gasteiger partial charge on any atom is 0.416 e. The number of imidazole rings is 1. The Hall–Kier alpha value is -3.89. The summed E-state index contributed by atoms with van der Waals surface area (Å²) >= 11 is 0. The number of aryl methyl sites for hydroxylation is 1. The lowest BCUT2D eigenvalue weighted by atomic mass is 10.0. The largest absolute Gasteiger partial charge is 0.416 e. The number of amides is 3. The number of rotatable bonds is 6. The van der Waals surface area contributed by atoms with Gasteiger partial charge >= 0.3 is 12.2 Å². The van der Waals surface area contributed by atoms with Crippen molar-refractivity contribution in [2.75, 3.05) is 23.3 Å². The molecular weight excluding hydrogens is 461 g/mol. The normalized spacial score (nSPS) is 16.3. The highest BCUT2D eigenvalue weighted by atomic mass is 19.4. The van der Waals surface area contributed by atoms with Gasteiger partial charge in [-0.05, 0) is 43.2 Å². The van der Waals surface area contributed by atoms with Crippen LogP contribution in [-0.2, 0) is 11.0 Å². The molecule has 1 N–H and O–H groups in total. The van der Waals surface area contributed by atoms with E-state index in [9.17, 15) is 22.8 Å². The first-order valence-corrected chi connectivity index (χ1v) is 11.0. The third-order valence-electron chi connectivity index (χ3n) is 5.92. The van der Waals surface area contributed by atoms with Crippen LogP contribution in [0.2, 0.25) is 0 Å². The number of nitrogens with zero attached hydrogens (tertiary/aromatic N) is 5. The minimum absolute atomic E-state index is 0.0176. The van der Waals surface area contributed by atoms with E-state index in [2.05, 4.69) is 15.3 Å². The van der Waals surface area contributed by atoms with E-state index in [4.69, 9.17) is 0 Å². The zero-order chi connectivity index (χ0) is 25.3. The molecule has 184 valence electrons. The molecule has 0 radical (unpaired) electrons. The lowest BCUT2D eigenvalue weighted by Gasteiger charge is -2.25. The Labute approximate surface area is 200 Å². The van der Waals surface area contributed by atoms with Crippen molar-refractivity contribution in [3.8, 4) is 5.82 Å². The van der Waals surface area contributed by atoms with Crippen molar-refractivity contribution in [1.82, 2.24) is 19.4 Å². The third-order valence-corrected chi connectivity index (χ3v) is 5.92. The predicted octanol–water partition coefficient (Wildman–Crippen LogP) is 4.50. The van der Waals surface area contributed by atoms with Gasteiger partial charge in [0.1, 0.15) is 18.7 Å². The van der Waals surface area contributed by atoms with E-state index in [1.54, 1.807) is 35.8 Å². The van der Waals surface area contributed by atoms with Crippen LogP contribution in [0.4, 0.5) is 29.3 Å². The molecular formula is C24H25F3N6O2. The van der Waals surface area contributed by atoms with E-state index >= 15 is 0 Å². The molecule has 35 heavy (non-hydrogen) atoms. The summed E-state index contributed by atoms with van der Waals surface area (Å²) in [7, 11) is 0. The van der Waals surface area contributed by atoms with Crippen molar-refractivity contribution in [3.05, 3.63) is 66.4 Å². The fraction of sp³-hybridized carbons (Fsp3) is 0.333. The molecule has 1 saturated heterocycles. The molecule has 2 aromatic heterocycles. The molecule has 1 aliphatic heterocycles. The number of nitrogens with one attached hydrogen (secondary N) is 1. The topological polar surface area (TPSA) is 83.4 Å². The lowest BCUT2D eigenvalue weighted by Crippen LogP contribution is -2.42. The molecule has 0 spiro atoms. The van der Waals surface area contributed by atoms with Crippen molar-refractivity contribution in [3.63, 3.8) is 0 Å². The Kier molecular flexibility index (Phi) is 6.51. The van der Waals surface area contributed by atoms with Crippen LogP contribution in [0.3, 0.4) is 0 Å². The van der Waals surface area contributed by atoms with Gasteiger partial charge in [0.05, 0.1) is 23.5 Å². The maximum absolute atomic E-state index is 13.2. The van der Waals surface area contributed by atoms with Gasteiger partial charge in [-0.1, -0.05) is 19.9 Å². The fourth-order valence-corrected chi connectivity index (χ4v) is 4.04. The molecule has 8 nitrogen and oxygen atoms in total. The van der Waals surface area contributed by atoms with Gasteiger partial charge in [-0.25, -0.2) is 14.8 Å². The zero-order valence-electron chi connectivity index (χ0n) is 19.5. The van der Waals surface area contributed by atoms with Crippen molar-refractivity contribution in [2.24, 2.45) is 5.92 Å². The maximum atomic E-state index is 13.2. The first-order chi connectivity index (χ1) is 16.5. The second-order valence-corrected chi connectivity index (χ2v) is 8.74. The zero-order valence-corrected chi connectivity index (χ0v) is 19.5. The molecule has 3 amide bonds. The Balaban J connectivity index is 1.49. The van der Waals surface area contributed by atoms with Crippen molar-refractivity contribution in [1.29, 1.82) is 0 Å². The summed E-state index contributed by atoms with van der Waals surface area (Å²) in [6.45, 7) is 5.87. The third kappa shape index (κ3) is 5.13. The lowest BCUT2D eigenvalue weighted by molar-refractivity contribution is -0.137. The van der Waals surface area contributed by atoms with Crippen LogP contribution in [0.15, 0.2) is 55.1 Å². The summed E-state index contributed by atoms with van der Waals surface area (Å²) in [6, 6.07) is 7.33. The number of anilines is 2. The number of hydrogen-bond donors (Lipinski definition) is 1. The molecule has 3 aromatic rings. The van der Waals surface area contributed by atoms with Gasteiger partial charge in [0.15, 0.2) is 0 Å². The quantitative estimate of drug-likeness (QED) is 0.556. The summed E-state index contributed by atoms with van der Waals surface area (Å²) in [6.07, 6.45) is 0.443. The van der Waals surface area contributed by atoms with Gasteiger partial charge < -0.3 is 10.2 Å². The minimum atomic E-state index is -4.52. The predicted molar refractivity (Wildman–Crippen MR) is 124 cm³/mol. The monoisotopic (exact) mass is 486 g/mol. The van der Waals surface area contributed by atoms with Crippen LogP contribution in [0, 0.1) is 12.8 Å². The van der Waals surface area contributed by atoms with E-state index in [0.29, 0.717) is 18.1 Å². The highest BCUT2D eigenvalue weighted by Gasteiger charge is 2.40. The highest BCUT2D eigenvalue weighted by molar-refractivity contribution is 5.99. The molecule has 0 aliphatic carbocycles. The van der Waals surface area contributed by atoms with Crippen LogP contribution in [0.1, 0.15) is 25.1 Å². The molecule has 4 rings (SSSR count). The van der Waals surface area contributed by atoms with Crippen LogP contribution in [-0.4, -0.2) is 50.5 Å². The van der Waals surface area contributed by atoms with E-state index in [0.717, 1.165) is 17.8 Å². The number of benzene rings is 1. The average molecular weight is 486 g/mol. The summed E-state index contributed by atoms with van der Waals surface area (Å²) in [5.74, 6) is 0.133. The Morgan fingerprint density at radius 3 is 2.57 bits per heavy atom. The molecule has 0 saturated carbocycles. The summed E-state index contributed by atoms with van der Waals surface area (Å²) in [4.78, 5) is 37.4. The summed E-state index contributed by atoms with van der Waals surface area (Å²) in [5, 5.41) is 2.47. The standard InChI is InChI=1S/C24H25F3N6O2/c1-15(2)20-12-31(19-7-8-21(29-11-19)33-14-28-10-16(33)3)23(35)32(20)13-22(34)30-18-6-4-5-17(9-18)24(25,26)27/h4-11,14-15,20H,12-13H2,1-3H3,(H,30,34)/t20-/m1/s1. The minimum Gasteiger partial charge on any atom is -0.325 e. The molecule has 0 unspecified atom stereocenters. The number of carbonyl (C=O) groups excluding carboxylic acids is 2. The average Bonchev–Trinajstić information content (AvgIpc) is 3.37. The van der Waals surface area contributed by atoms with E-state index < -0.39 is 17.6 Å². The van der Waals surface area contributed by atoms with Crippen molar-refractivity contribution in [2.45, 2.75) is 33.0 Å². The van der Waals surface area contributed by atoms with Gasteiger partial charge in [-0.15, -0.1) is 0 Å². The molecule has 1 atom stereocenters. The second-order valence-electron chi connectivity index (χ2n) is 8.74. The Morgan fingerprint density at radius 2 is 1.97 bits per heavy atom. The second kappa shape index (κ2) is 9.40. The van der Waals surface area contributed by atoms with Gasteiger partial charge in [-0.3, -0.25) is 14.3 Å². The number of hydrogen-bond acceptors (Lipinski definition) is 4. The number of carbonyl (C=O) groups is 2. The van der Waals surface area contributed by atoms with Crippen molar-refractivity contribution >= 4 is 23.3 Å². The first-order valence-electron chi connectivity index (χ1n) is 11.0. The highest BCUT2D eigenvalue weighted by Crippen LogP contribution is 2.31. The van der Waals surface area contributed by atoms with Crippen molar-refractivity contribution < 1.29 is 22.8 Å². The number of alkyl halides is 3. The summed E-state index contributed by atoms with van der Waals surface area (Å²) < 4.78 is 40.7. The number of halogens is 3. The van der Waals surface area contributed by atoms with Gasteiger partial charge in [0.2, 0.25) is 5.91 Å². The van der Waals surface area contributed by atoms with Gasteiger partial charge in [0.25, 0.3) is 0 Å². The number of pyridine rings is 1. The first kappa shape index (κ1) is 24.2. The van der Waals surface area contributed by atoms with Gasteiger partial charge in [-0.2, -0.15) is 13.2 Å². The molecule has 1 aliphatic rings. The SMILES string of the molecule is Cc1cncn1-c1ccc(N2C[C@H](C(C)C)N(CC(=O)Nc3cccc(C(F)(F)F)c3)C2=O)cn1. The van der Waals surface area contributed by atoms with E-state index in [-0.39, 0.29) is 30.2 Å². The fourth-order valence-electron chi connectivity index (χ4n) is 4.04. The Bertz CT molecular complexity index is 1220. The van der Waals surface area contributed by atoms with Crippen LogP contribution >= 0.6 is 0 Å². The molecule has 1 fully saturated rings. The van der Waals surface area contributed by atoms with E-state index in [1.165, 1.54) is 17.0 Å². The van der Waals surface area contributed by atoms with Gasteiger partial charge in [0, 0.05) is 24.1 Å². The molecule has 3 heterocycles. The van der Waals surface area contributed by atoms with Crippen LogP contribution < -0.4 is 10.2 Å². The summed E-state index contributed by atoms with van der Waals surface area (Å²) in [5.41, 5.74) is 0.660.